The highest BCUT2D eigenvalue weighted by Gasteiger charge is 2.47. The van der Waals surface area contributed by atoms with Crippen molar-refractivity contribution in [1.82, 2.24) is 10.6 Å². The second-order valence-electron chi connectivity index (χ2n) is 6.88. The molecule has 2 aliphatic rings. The fourth-order valence-corrected chi connectivity index (χ4v) is 3.31. The third-order valence-electron chi connectivity index (χ3n) is 5.01. The Morgan fingerprint density at radius 2 is 1.71 bits per heavy atom. The summed E-state index contributed by atoms with van der Waals surface area (Å²) in [5.41, 5.74) is 1.83. The SMILES string of the molecule is COc1ccccc1CNC(=O)C1CC1C(=O)NCc1ccc2c(c1)OCO2. The van der Waals surface area contributed by atoms with Crippen LogP contribution < -0.4 is 24.8 Å². The highest BCUT2D eigenvalue weighted by Crippen LogP contribution is 2.39. The number of para-hydroxylation sites is 1. The van der Waals surface area contributed by atoms with Gasteiger partial charge in [-0.3, -0.25) is 9.59 Å². The van der Waals surface area contributed by atoms with Crippen LogP contribution >= 0.6 is 0 Å². The molecule has 2 amide bonds. The Kier molecular flexibility index (Phi) is 5.06. The molecule has 0 aromatic heterocycles. The molecular weight excluding hydrogens is 360 g/mol. The van der Waals surface area contributed by atoms with Crippen molar-refractivity contribution in [3.8, 4) is 17.2 Å². The highest BCUT2D eigenvalue weighted by atomic mass is 16.7. The van der Waals surface area contributed by atoms with Crippen molar-refractivity contribution in [2.45, 2.75) is 19.5 Å². The van der Waals surface area contributed by atoms with E-state index in [1.54, 1.807) is 7.11 Å². The molecule has 0 spiro atoms. The number of carbonyl (C=O) groups excluding carboxylic acids is 2. The van der Waals surface area contributed by atoms with Gasteiger partial charge >= 0.3 is 0 Å². The van der Waals surface area contributed by atoms with E-state index in [4.69, 9.17) is 14.2 Å². The minimum Gasteiger partial charge on any atom is -0.496 e. The van der Waals surface area contributed by atoms with Crippen molar-refractivity contribution in [1.29, 1.82) is 0 Å². The van der Waals surface area contributed by atoms with Gasteiger partial charge in [-0.15, -0.1) is 0 Å². The maximum atomic E-state index is 12.3. The molecule has 2 unspecified atom stereocenters. The number of nitrogens with one attached hydrogen (secondary N) is 2. The zero-order valence-electron chi connectivity index (χ0n) is 15.6. The standard InChI is InChI=1S/C21H22N2O5/c1-26-17-5-3-2-4-14(17)11-23-21(25)16-9-15(16)20(24)22-10-13-6-7-18-19(8-13)28-12-27-18/h2-8,15-16H,9-12H2,1H3,(H,22,24)(H,23,25). The summed E-state index contributed by atoms with van der Waals surface area (Å²) in [5.74, 6) is 1.38. The van der Waals surface area contributed by atoms with Gasteiger partial charge in [0.2, 0.25) is 18.6 Å². The number of ether oxygens (including phenoxy) is 3. The Bertz CT molecular complexity index is 898. The Hall–Kier alpha value is -3.22. The second-order valence-corrected chi connectivity index (χ2v) is 6.88. The number of hydrogen-bond acceptors (Lipinski definition) is 5. The van der Waals surface area contributed by atoms with Crippen molar-refractivity contribution in [2.24, 2.45) is 11.8 Å². The second kappa shape index (κ2) is 7.80. The lowest BCUT2D eigenvalue weighted by Crippen LogP contribution is -2.29. The van der Waals surface area contributed by atoms with Crippen molar-refractivity contribution in [2.75, 3.05) is 13.9 Å². The zero-order valence-corrected chi connectivity index (χ0v) is 15.6. The summed E-state index contributed by atoms with van der Waals surface area (Å²) in [6, 6.07) is 13.1. The first-order valence-electron chi connectivity index (χ1n) is 9.21. The van der Waals surface area contributed by atoms with E-state index in [1.807, 2.05) is 42.5 Å². The first-order chi connectivity index (χ1) is 13.7. The van der Waals surface area contributed by atoms with E-state index in [0.717, 1.165) is 16.9 Å². The quantitative estimate of drug-likeness (QED) is 0.765. The molecule has 1 fully saturated rings. The minimum absolute atomic E-state index is 0.102. The van der Waals surface area contributed by atoms with Gasteiger partial charge in [-0.05, 0) is 30.2 Å². The van der Waals surface area contributed by atoms with Gasteiger partial charge in [0.1, 0.15) is 5.75 Å². The molecule has 2 aromatic carbocycles. The molecule has 0 saturated heterocycles. The molecule has 2 aromatic rings. The van der Waals surface area contributed by atoms with Crippen LogP contribution in [-0.4, -0.2) is 25.7 Å². The van der Waals surface area contributed by atoms with Crippen molar-refractivity contribution in [3.63, 3.8) is 0 Å². The van der Waals surface area contributed by atoms with Crippen LogP contribution in [-0.2, 0) is 22.7 Å². The van der Waals surface area contributed by atoms with Crippen LogP contribution in [0.1, 0.15) is 17.5 Å². The number of fused-ring (bicyclic) bond motifs is 1. The lowest BCUT2D eigenvalue weighted by molar-refractivity contribution is -0.127. The largest absolute Gasteiger partial charge is 0.496 e. The summed E-state index contributed by atoms with van der Waals surface area (Å²) in [4.78, 5) is 24.7. The molecule has 4 rings (SSSR count). The molecular formula is C21H22N2O5. The summed E-state index contributed by atoms with van der Waals surface area (Å²) < 4.78 is 15.9. The summed E-state index contributed by atoms with van der Waals surface area (Å²) in [6.45, 7) is 0.991. The van der Waals surface area contributed by atoms with E-state index in [-0.39, 0.29) is 30.4 Å². The Morgan fingerprint density at radius 3 is 2.50 bits per heavy atom. The van der Waals surface area contributed by atoms with Crippen LogP contribution in [0.15, 0.2) is 42.5 Å². The lowest BCUT2D eigenvalue weighted by atomic mass is 10.2. The fourth-order valence-electron chi connectivity index (χ4n) is 3.31. The smallest absolute Gasteiger partial charge is 0.231 e. The van der Waals surface area contributed by atoms with Gasteiger partial charge < -0.3 is 24.8 Å². The number of carbonyl (C=O) groups is 2. The summed E-state index contributed by atoms with van der Waals surface area (Å²) in [6.07, 6.45) is 0.574. The molecule has 2 N–H and O–H groups in total. The third kappa shape index (κ3) is 3.88. The van der Waals surface area contributed by atoms with Crippen LogP contribution in [0, 0.1) is 11.8 Å². The van der Waals surface area contributed by atoms with Crippen molar-refractivity contribution < 1.29 is 23.8 Å². The monoisotopic (exact) mass is 382 g/mol. The van der Waals surface area contributed by atoms with Gasteiger partial charge in [0, 0.05) is 18.7 Å². The van der Waals surface area contributed by atoms with Gasteiger partial charge in [-0.25, -0.2) is 0 Å². The topological polar surface area (TPSA) is 85.9 Å². The van der Waals surface area contributed by atoms with E-state index in [0.29, 0.717) is 31.0 Å². The van der Waals surface area contributed by atoms with Gasteiger partial charge in [0.05, 0.1) is 18.9 Å². The van der Waals surface area contributed by atoms with Gasteiger partial charge in [0.25, 0.3) is 0 Å². The third-order valence-corrected chi connectivity index (χ3v) is 5.01. The molecule has 1 aliphatic carbocycles. The summed E-state index contributed by atoms with van der Waals surface area (Å²) in [7, 11) is 1.60. The molecule has 0 radical (unpaired) electrons. The number of methoxy groups -OCH3 is 1. The Morgan fingerprint density at radius 1 is 1.00 bits per heavy atom. The molecule has 7 heteroatoms. The molecule has 146 valence electrons. The maximum absolute atomic E-state index is 12.3. The molecule has 0 bridgehead atoms. The Balaban J connectivity index is 1.24. The number of amides is 2. The first-order valence-corrected chi connectivity index (χ1v) is 9.21. The van der Waals surface area contributed by atoms with Crippen LogP contribution in [0.2, 0.25) is 0 Å². The average molecular weight is 382 g/mol. The summed E-state index contributed by atoms with van der Waals surface area (Å²) >= 11 is 0. The fraction of sp³-hybridized carbons (Fsp3) is 0.333. The normalized spacial score (nSPS) is 19.0. The predicted octanol–water partition coefficient (Wildman–Crippen LogP) is 1.99. The van der Waals surface area contributed by atoms with E-state index >= 15 is 0 Å². The van der Waals surface area contributed by atoms with Gasteiger partial charge in [-0.2, -0.15) is 0 Å². The van der Waals surface area contributed by atoms with E-state index in [2.05, 4.69) is 10.6 Å². The molecule has 1 heterocycles. The van der Waals surface area contributed by atoms with Crippen LogP contribution in [0.25, 0.3) is 0 Å². The molecule has 7 nitrogen and oxygen atoms in total. The molecule has 1 saturated carbocycles. The van der Waals surface area contributed by atoms with Crippen LogP contribution in [0.4, 0.5) is 0 Å². The summed E-state index contributed by atoms with van der Waals surface area (Å²) in [5, 5.41) is 5.79. The maximum Gasteiger partial charge on any atom is 0.231 e. The van der Waals surface area contributed by atoms with E-state index < -0.39 is 0 Å². The average Bonchev–Trinajstić information content (AvgIpc) is 3.40. The number of benzene rings is 2. The van der Waals surface area contributed by atoms with Crippen LogP contribution in [0.5, 0.6) is 17.2 Å². The van der Waals surface area contributed by atoms with E-state index in [9.17, 15) is 9.59 Å². The predicted molar refractivity (Wildman–Crippen MR) is 101 cm³/mol. The van der Waals surface area contributed by atoms with E-state index in [1.165, 1.54) is 0 Å². The van der Waals surface area contributed by atoms with Crippen molar-refractivity contribution in [3.05, 3.63) is 53.6 Å². The minimum atomic E-state index is -0.272. The molecule has 2 atom stereocenters. The van der Waals surface area contributed by atoms with Crippen LogP contribution in [0.3, 0.4) is 0 Å². The zero-order chi connectivity index (χ0) is 19.5. The van der Waals surface area contributed by atoms with Gasteiger partial charge in [0.15, 0.2) is 11.5 Å². The Labute approximate surface area is 163 Å². The van der Waals surface area contributed by atoms with Crippen molar-refractivity contribution >= 4 is 11.8 Å². The molecule has 1 aliphatic heterocycles. The number of rotatable bonds is 7. The van der Waals surface area contributed by atoms with Gasteiger partial charge in [-0.1, -0.05) is 24.3 Å². The number of hydrogen-bond donors (Lipinski definition) is 2. The lowest BCUT2D eigenvalue weighted by Gasteiger charge is -2.09. The highest BCUT2D eigenvalue weighted by molar-refractivity contribution is 5.92. The first kappa shape index (κ1) is 18.2. The molecule has 28 heavy (non-hydrogen) atoms.